The minimum absolute atomic E-state index is 0.0597. The third kappa shape index (κ3) is 1.97. The first-order valence-corrected chi connectivity index (χ1v) is 6.20. The molecule has 3 nitrogen and oxygen atoms in total. The van der Waals surface area contributed by atoms with Crippen molar-refractivity contribution in [2.24, 2.45) is 0 Å². The standard InChI is InChI=1S/C15H16N2O/c1-10-5-4-8-14(16-10)17-15-12-7-3-2-6-11(12)9-13(15)18/h2-8,13,15,18H,9H2,1H3,(H,16,17)/t13-,15+/m1/s1. The first kappa shape index (κ1) is 11.2. The van der Waals surface area contributed by atoms with Crippen molar-refractivity contribution in [2.75, 3.05) is 5.32 Å². The molecule has 3 rings (SSSR count). The number of aromatic nitrogens is 1. The van der Waals surface area contributed by atoms with Crippen molar-refractivity contribution >= 4 is 5.82 Å². The number of aliphatic hydroxyl groups is 1. The minimum atomic E-state index is -0.385. The van der Waals surface area contributed by atoms with E-state index in [4.69, 9.17) is 0 Å². The van der Waals surface area contributed by atoms with Gasteiger partial charge in [0.25, 0.3) is 0 Å². The molecule has 92 valence electrons. The number of rotatable bonds is 2. The molecule has 0 radical (unpaired) electrons. The first-order valence-electron chi connectivity index (χ1n) is 6.20. The van der Waals surface area contributed by atoms with E-state index in [1.165, 1.54) is 11.1 Å². The normalized spacial score (nSPS) is 21.7. The largest absolute Gasteiger partial charge is 0.390 e. The molecule has 1 aliphatic carbocycles. The molecule has 0 aliphatic heterocycles. The first-order chi connectivity index (χ1) is 8.74. The van der Waals surface area contributed by atoms with E-state index in [1.54, 1.807) is 0 Å². The van der Waals surface area contributed by atoms with Crippen LogP contribution >= 0.6 is 0 Å². The van der Waals surface area contributed by atoms with Crippen LogP contribution in [-0.2, 0) is 6.42 Å². The van der Waals surface area contributed by atoms with Gasteiger partial charge in [0, 0.05) is 12.1 Å². The van der Waals surface area contributed by atoms with Gasteiger partial charge in [0.1, 0.15) is 5.82 Å². The molecule has 3 heteroatoms. The molecule has 1 aromatic heterocycles. The molecule has 0 saturated heterocycles. The highest BCUT2D eigenvalue weighted by Gasteiger charge is 2.30. The monoisotopic (exact) mass is 240 g/mol. The van der Waals surface area contributed by atoms with E-state index in [2.05, 4.69) is 22.4 Å². The van der Waals surface area contributed by atoms with Gasteiger partial charge < -0.3 is 10.4 Å². The summed E-state index contributed by atoms with van der Waals surface area (Å²) in [4.78, 5) is 4.42. The minimum Gasteiger partial charge on any atom is -0.390 e. The molecule has 0 saturated carbocycles. The molecule has 0 bridgehead atoms. The lowest BCUT2D eigenvalue weighted by Crippen LogP contribution is -2.21. The number of nitrogens with zero attached hydrogens (tertiary/aromatic N) is 1. The van der Waals surface area contributed by atoms with Crippen LogP contribution in [0, 0.1) is 6.92 Å². The van der Waals surface area contributed by atoms with E-state index in [-0.39, 0.29) is 12.1 Å². The van der Waals surface area contributed by atoms with Crippen molar-refractivity contribution < 1.29 is 5.11 Å². The molecular formula is C15H16N2O. The second-order valence-corrected chi connectivity index (χ2v) is 4.76. The van der Waals surface area contributed by atoms with Crippen LogP contribution in [0.4, 0.5) is 5.82 Å². The van der Waals surface area contributed by atoms with Gasteiger partial charge in [-0.25, -0.2) is 4.98 Å². The Morgan fingerprint density at radius 3 is 2.83 bits per heavy atom. The molecular weight excluding hydrogens is 224 g/mol. The number of benzene rings is 1. The average molecular weight is 240 g/mol. The Kier molecular flexibility index (Phi) is 2.76. The topological polar surface area (TPSA) is 45.1 Å². The van der Waals surface area contributed by atoms with Gasteiger partial charge in [-0.2, -0.15) is 0 Å². The predicted molar refractivity (Wildman–Crippen MR) is 71.5 cm³/mol. The predicted octanol–water partition coefficient (Wildman–Crippen LogP) is 2.46. The number of aryl methyl sites for hydroxylation is 1. The quantitative estimate of drug-likeness (QED) is 0.847. The van der Waals surface area contributed by atoms with Crippen LogP contribution in [0.1, 0.15) is 22.9 Å². The van der Waals surface area contributed by atoms with Crippen molar-refractivity contribution in [3.05, 3.63) is 59.3 Å². The highest BCUT2D eigenvalue weighted by Crippen LogP contribution is 2.33. The zero-order valence-corrected chi connectivity index (χ0v) is 10.3. The summed E-state index contributed by atoms with van der Waals surface area (Å²) in [7, 11) is 0. The molecule has 2 atom stereocenters. The number of fused-ring (bicyclic) bond motifs is 1. The van der Waals surface area contributed by atoms with Crippen LogP contribution in [0.3, 0.4) is 0 Å². The van der Waals surface area contributed by atoms with Crippen molar-refractivity contribution in [2.45, 2.75) is 25.5 Å². The van der Waals surface area contributed by atoms with Crippen molar-refractivity contribution in [3.63, 3.8) is 0 Å². The lowest BCUT2D eigenvalue weighted by atomic mass is 10.1. The van der Waals surface area contributed by atoms with Gasteiger partial charge in [-0.15, -0.1) is 0 Å². The molecule has 0 unspecified atom stereocenters. The summed E-state index contributed by atoms with van der Waals surface area (Å²) >= 11 is 0. The lowest BCUT2D eigenvalue weighted by Gasteiger charge is -2.18. The average Bonchev–Trinajstić information content (AvgIpc) is 2.66. The number of aliphatic hydroxyl groups excluding tert-OH is 1. The summed E-state index contributed by atoms with van der Waals surface area (Å²) in [5.74, 6) is 0.816. The molecule has 1 aromatic carbocycles. The van der Waals surface area contributed by atoms with Crippen LogP contribution in [0.15, 0.2) is 42.5 Å². The second kappa shape index (κ2) is 4.42. The fraction of sp³-hybridized carbons (Fsp3) is 0.267. The summed E-state index contributed by atoms with van der Waals surface area (Å²) in [5.41, 5.74) is 3.37. The van der Waals surface area contributed by atoms with Crippen molar-refractivity contribution in [3.8, 4) is 0 Å². The molecule has 2 aromatic rings. The Bertz CT molecular complexity index is 568. The van der Waals surface area contributed by atoms with Gasteiger partial charge in [0.05, 0.1) is 12.1 Å². The molecule has 0 amide bonds. The number of anilines is 1. The smallest absolute Gasteiger partial charge is 0.126 e. The maximum absolute atomic E-state index is 10.2. The third-order valence-corrected chi connectivity index (χ3v) is 3.40. The van der Waals surface area contributed by atoms with Crippen LogP contribution in [-0.4, -0.2) is 16.2 Å². The van der Waals surface area contributed by atoms with Gasteiger partial charge in [0.15, 0.2) is 0 Å². The number of hydrogen-bond donors (Lipinski definition) is 2. The second-order valence-electron chi connectivity index (χ2n) is 4.76. The summed E-state index contributed by atoms with van der Waals surface area (Å²) in [6, 6.07) is 14.0. The molecule has 2 N–H and O–H groups in total. The fourth-order valence-electron chi connectivity index (χ4n) is 2.53. The zero-order chi connectivity index (χ0) is 12.5. The SMILES string of the molecule is Cc1cccc(N[C@H]2c3ccccc3C[C@H]2O)n1. The van der Waals surface area contributed by atoms with E-state index in [9.17, 15) is 5.11 Å². The van der Waals surface area contributed by atoms with Gasteiger partial charge in [-0.3, -0.25) is 0 Å². The molecule has 1 aliphatic rings. The molecule has 0 fully saturated rings. The van der Waals surface area contributed by atoms with Crippen molar-refractivity contribution in [1.82, 2.24) is 4.98 Å². The lowest BCUT2D eigenvalue weighted by molar-refractivity contribution is 0.165. The summed E-state index contributed by atoms with van der Waals surface area (Å²) in [6.07, 6.45) is 0.323. The Morgan fingerprint density at radius 1 is 1.17 bits per heavy atom. The Labute approximate surface area is 107 Å². The highest BCUT2D eigenvalue weighted by molar-refractivity contribution is 5.45. The van der Waals surface area contributed by atoms with Crippen LogP contribution < -0.4 is 5.32 Å². The zero-order valence-electron chi connectivity index (χ0n) is 10.3. The van der Waals surface area contributed by atoms with E-state index in [1.807, 2.05) is 37.3 Å². The van der Waals surface area contributed by atoms with Crippen LogP contribution in [0.2, 0.25) is 0 Å². The molecule has 1 heterocycles. The van der Waals surface area contributed by atoms with Gasteiger partial charge in [-0.05, 0) is 30.2 Å². The van der Waals surface area contributed by atoms with E-state index in [0.29, 0.717) is 6.42 Å². The van der Waals surface area contributed by atoms with Gasteiger partial charge >= 0.3 is 0 Å². The summed E-state index contributed by atoms with van der Waals surface area (Å²) in [5, 5.41) is 13.5. The maximum atomic E-state index is 10.2. The van der Waals surface area contributed by atoms with E-state index in [0.717, 1.165) is 11.5 Å². The number of nitrogens with one attached hydrogen (secondary N) is 1. The Balaban J connectivity index is 1.89. The third-order valence-electron chi connectivity index (χ3n) is 3.40. The Morgan fingerprint density at radius 2 is 2.00 bits per heavy atom. The fourth-order valence-corrected chi connectivity index (χ4v) is 2.53. The summed E-state index contributed by atoms with van der Waals surface area (Å²) < 4.78 is 0. The van der Waals surface area contributed by atoms with Crippen LogP contribution in [0.25, 0.3) is 0 Å². The van der Waals surface area contributed by atoms with Crippen molar-refractivity contribution in [1.29, 1.82) is 0 Å². The van der Waals surface area contributed by atoms with E-state index < -0.39 is 0 Å². The maximum Gasteiger partial charge on any atom is 0.126 e. The van der Waals surface area contributed by atoms with Crippen LogP contribution in [0.5, 0.6) is 0 Å². The highest BCUT2D eigenvalue weighted by atomic mass is 16.3. The van der Waals surface area contributed by atoms with E-state index >= 15 is 0 Å². The Hall–Kier alpha value is -1.87. The summed E-state index contributed by atoms with van der Waals surface area (Å²) in [6.45, 7) is 1.96. The van der Waals surface area contributed by atoms with Gasteiger partial charge in [0.2, 0.25) is 0 Å². The number of hydrogen-bond acceptors (Lipinski definition) is 3. The molecule has 18 heavy (non-hydrogen) atoms. The molecule has 0 spiro atoms. The van der Waals surface area contributed by atoms with Gasteiger partial charge in [-0.1, -0.05) is 30.3 Å². The number of pyridine rings is 1.